The van der Waals surface area contributed by atoms with Gasteiger partial charge in [-0.1, -0.05) is 36.4 Å². The summed E-state index contributed by atoms with van der Waals surface area (Å²) in [5.41, 5.74) is 3.32. The molecule has 1 amide bonds. The Bertz CT molecular complexity index is 630. The molecule has 1 heterocycles. The maximum absolute atomic E-state index is 12.0. The van der Waals surface area contributed by atoms with E-state index < -0.39 is 7.12 Å². The fourth-order valence-corrected chi connectivity index (χ4v) is 2.28. The third-order valence-corrected chi connectivity index (χ3v) is 3.30. The minimum atomic E-state index is -0.893. The number of nitrogens with one attached hydrogen (secondary N) is 1. The molecule has 0 fully saturated rings. The lowest BCUT2D eigenvalue weighted by Gasteiger charge is -2.07. The second kappa shape index (κ2) is 5.49. The summed E-state index contributed by atoms with van der Waals surface area (Å²) in [6, 6.07) is 15.0. The van der Waals surface area contributed by atoms with Gasteiger partial charge in [-0.3, -0.25) is 4.79 Å². The standard InChI is InChI=1S/C15H14BNO3/c18-15(8-11-4-2-1-3-5-11)17-13-7-6-12-10-20-16(19)14(12)9-13/h1-7,9,19H,8,10H2,(H,17,18). The minimum Gasteiger partial charge on any atom is -0.423 e. The highest BCUT2D eigenvalue weighted by molar-refractivity contribution is 6.61. The van der Waals surface area contributed by atoms with Crippen LogP contribution in [-0.2, 0) is 22.5 Å². The molecule has 0 bridgehead atoms. The van der Waals surface area contributed by atoms with E-state index in [1.54, 1.807) is 6.07 Å². The number of hydrogen-bond acceptors (Lipinski definition) is 3. The van der Waals surface area contributed by atoms with Gasteiger partial charge in [0.1, 0.15) is 0 Å². The third-order valence-electron chi connectivity index (χ3n) is 3.30. The summed E-state index contributed by atoms with van der Waals surface area (Å²) in [7, 11) is -0.893. The Hall–Kier alpha value is -2.11. The Morgan fingerprint density at radius 3 is 2.85 bits per heavy atom. The number of carbonyl (C=O) groups is 1. The van der Waals surface area contributed by atoms with Crippen molar-refractivity contribution >= 4 is 24.2 Å². The van der Waals surface area contributed by atoms with Gasteiger partial charge in [-0.05, 0) is 28.7 Å². The smallest absolute Gasteiger partial charge is 0.423 e. The van der Waals surface area contributed by atoms with E-state index in [1.807, 2.05) is 42.5 Å². The van der Waals surface area contributed by atoms with Gasteiger partial charge in [-0.15, -0.1) is 0 Å². The van der Waals surface area contributed by atoms with E-state index in [1.165, 1.54) is 0 Å². The van der Waals surface area contributed by atoms with Crippen molar-refractivity contribution in [1.82, 2.24) is 0 Å². The Balaban J connectivity index is 1.69. The molecule has 0 saturated carbocycles. The summed E-state index contributed by atoms with van der Waals surface area (Å²) in [5, 5.41) is 12.5. The molecule has 20 heavy (non-hydrogen) atoms. The van der Waals surface area contributed by atoms with Crippen LogP contribution in [0, 0.1) is 0 Å². The highest BCUT2D eigenvalue weighted by atomic mass is 16.5. The SMILES string of the molecule is O=C(Cc1ccccc1)Nc1ccc2c(c1)B(O)OC2. The molecule has 0 aliphatic carbocycles. The lowest BCUT2D eigenvalue weighted by Crippen LogP contribution is -2.28. The summed E-state index contributed by atoms with van der Waals surface area (Å²) in [6.07, 6.45) is 0.330. The molecule has 0 radical (unpaired) electrons. The predicted molar refractivity (Wildman–Crippen MR) is 77.6 cm³/mol. The van der Waals surface area contributed by atoms with Crippen molar-refractivity contribution in [2.45, 2.75) is 13.0 Å². The first-order valence-corrected chi connectivity index (χ1v) is 6.48. The summed E-state index contributed by atoms with van der Waals surface area (Å²) < 4.78 is 5.12. The Morgan fingerprint density at radius 2 is 2.05 bits per heavy atom. The molecule has 0 spiro atoms. The normalized spacial score (nSPS) is 13.2. The van der Waals surface area contributed by atoms with Crippen LogP contribution >= 0.6 is 0 Å². The van der Waals surface area contributed by atoms with E-state index in [9.17, 15) is 9.82 Å². The van der Waals surface area contributed by atoms with E-state index in [0.29, 0.717) is 18.7 Å². The highest BCUT2D eigenvalue weighted by Crippen LogP contribution is 2.14. The molecule has 0 aromatic heterocycles. The molecule has 2 aromatic rings. The van der Waals surface area contributed by atoms with Gasteiger partial charge in [0.25, 0.3) is 0 Å². The summed E-state index contributed by atoms with van der Waals surface area (Å²) in [5.74, 6) is -0.0791. The fourth-order valence-electron chi connectivity index (χ4n) is 2.28. The van der Waals surface area contributed by atoms with Gasteiger partial charge >= 0.3 is 7.12 Å². The Kier molecular flexibility index (Phi) is 3.54. The molecular weight excluding hydrogens is 253 g/mol. The molecule has 100 valence electrons. The molecule has 0 saturated heterocycles. The Labute approximate surface area is 117 Å². The van der Waals surface area contributed by atoms with Crippen LogP contribution in [0.15, 0.2) is 48.5 Å². The fraction of sp³-hybridized carbons (Fsp3) is 0.133. The van der Waals surface area contributed by atoms with Crippen LogP contribution in [0.1, 0.15) is 11.1 Å². The zero-order chi connectivity index (χ0) is 13.9. The van der Waals surface area contributed by atoms with Gasteiger partial charge in [-0.25, -0.2) is 0 Å². The number of hydrogen-bond donors (Lipinski definition) is 2. The van der Waals surface area contributed by atoms with E-state index in [-0.39, 0.29) is 5.91 Å². The molecule has 2 N–H and O–H groups in total. The number of anilines is 1. The monoisotopic (exact) mass is 267 g/mol. The van der Waals surface area contributed by atoms with Crippen LogP contribution in [0.25, 0.3) is 0 Å². The molecular formula is C15H14BNO3. The first-order chi connectivity index (χ1) is 9.72. The molecule has 3 rings (SSSR count). The third kappa shape index (κ3) is 2.74. The minimum absolute atomic E-state index is 0.0791. The van der Waals surface area contributed by atoms with Gasteiger partial charge in [0, 0.05) is 5.69 Å². The van der Waals surface area contributed by atoms with Crippen LogP contribution in [0.5, 0.6) is 0 Å². The number of carbonyl (C=O) groups excluding carboxylic acids is 1. The number of fused-ring (bicyclic) bond motifs is 1. The average molecular weight is 267 g/mol. The van der Waals surface area contributed by atoms with Crippen LogP contribution in [0.3, 0.4) is 0 Å². The van der Waals surface area contributed by atoms with Gasteiger partial charge in [0.2, 0.25) is 5.91 Å². The highest BCUT2D eigenvalue weighted by Gasteiger charge is 2.27. The summed E-state index contributed by atoms with van der Waals surface area (Å²) in [6.45, 7) is 0.411. The number of benzene rings is 2. The first kappa shape index (κ1) is 12.9. The van der Waals surface area contributed by atoms with Crippen molar-refractivity contribution in [2.75, 3.05) is 5.32 Å². The summed E-state index contributed by atoms with van der Waals surface area (Å²) >= 11 is 0. The number of rotatable bonds is 3. The van der Waals surface area contributed by atoms with E-state index >= 15 is 0 Å². The second-order valence-electron chi connectivity index (χ2n) is 4.79. The maximum Gasteiger partial charge on any atom is 0.491 e. The zero-order valence-electron chi connectivity index (χ0n) is 10.9. The Morgan fingerprint density at radius 1 is 1.25 bits per heavy atom. The van der Waals surface area contributed by atoms with Crippen molar-refractivity contribution in [2.24, 2.45) is 0 Å². The molecule has 1 aliphatic heterocycles. The molecule has 5 heteroatoms. The van der Waals surface area contributed by atoms with E-state index in [2.05, 4.69) is 5.32 Å². The van der Waals surface area contributed by atoms with Crippen molar-refractivity contribution in [3.63, 3.8) is 0 Å². The molecule has 0 atom stereocenters. The van der Waals surface area contributed by atoms with Crippen LogP contribution < -0.4 is 10.8 Å². The van der Waals surface area contributed by atoms with Crippen LogP contribution in [0.2, 0.25) is 0 Å². The second-order valence-corrected chi connectivity index (χ2v) is 4.79. The zero-order valence-corrected chi connectivity index (χ0v) is 10.9. The van der Waals surface area contributed by atoms with Crippen molar-refractivity contribution < 1.29 is 14.5 Å². The number of amides is 1. The van der Waals surface area contributed by atoms with E-state index in [4.69, 9.17) is 4.65 Å². The van der Waals surface area contributed by atoms with Gasteiger partial charge in [-0.2, -0.15) is 0 Å². The van der Waals surface area contributed by atoms with E-state index in [0.717, 1.165) is 16.6 Å². The van der Waals surface area contributed by atoms with Gasteiger partial charge in [0.05, 0.1) is 13.0 Å². The quantitative estimate of drug-likeness (QED) is 0.818. The van der Waals surface area contributed by atoms with Crippen LogP contribution in [-0.4, -0.2) is 18.0 Å². The predicted octanol–water partition coefficient (Wildman–Crippen LogP) is 1.09. The van der Waals surface area contributed by atoms with Crippen molar-refractivity contribution in [3.05, 3.63) is 59.7 Å². The first-order valence-electron chi connectivity index (χ1n) is 6.48. The largest absolute Gasteiger partial charge is 0.491 e. The van der Waals surface area contributed by atoms with Gasteiger partial charge < -0.3 is 15.0 Å². The van der Waals surface area contributed by atoms with Crippen molar-refractivity contribution in [1.29, 1.82) is 0 Å². The van der Waals surface area contributed by atoms with Gasteiger partial charge in [0.15, 0.2) is 0 Å². The lowest BCUT2D eigenvalue weighted by atomic mass is 9.79. The molecule has 0 unspecified atom stereocenters. The molecule has 4 nitrogen and oxygen atoms in total. The van der Waals surface area contributed by atoms with Crippen LogP contribution in [0.4, 0.5) is 5.69 Å². The molecule has 2 aromatic carbocycles. The topological polar surface area (TPSA) is 58.6 Å². The maximum atomic E-state index is 12.0. The van der Waals surface area contributed by atoms with Crippen molar-refractivity contribution in [3.8, 4) is 0 Å². The summed E-state index contributed by atoms with van der Waals surface area (Å²) in [4.78, 5) is 12.0. The lowest BCUT2D eigenvalue weighted by molar-refractivity contribution is -0.115. The molecule has 1 aliphatic rings. The average Bonchev–Trinajstić information content (AvgIpc) is 2.81.